The molecule has 1 aromatic heterocycles. The number of aromatic nitrogens is 2. The van der Waals surface area contributed by atoms with Crippen molar-refractivity contribution in [3.63, 3.8) is 0 Å². The molecule has 0 bridgehead atoms. The van der Waals surface area contributed by atoms with Crippen LogP contribution in [0.2, 0.25) is 0 Å². The summed E-state index contributed by atoms with van der Waals surface area (Å²) < 4.78 is 4.90. The number of primary amides is 1. The summed E-state index contributed by atoms with van der Waals surface area (Å²) in [6.45, 7) is 1.84. The molecule has 12 heavy (non-hydrogen) atoms. The summed E-state index contributed by atoms with van der Waals surface area (Å²) in [5.41, 5.74) is 4.98. The zero-order valence-electron chi connectivity index (χ0n) is 6.61. The molecule has 0 saturated carbocycles. The van der Waals surface area contributed by atoms with Gasteiger partial charge in [0.25, 0.3) is 0 Å². The Labute approximate surface area is 78.7 Å². The van der Waals surface area contributed by atoms with Gasteiger partial charge in [-0.25, -0.2) is 4.98 Å². The molecule has 1 rings (SSSR count). The molecule has 2 N–H and O–H groups in total. The maximum atomic E-state index is 10.4. The highest BCUT2D eigenvalue weighted by Crippen LogP contribution is 2.19. The molecule has 0 radical (unpaired) electrons. The first-order valence-corrected chi connectivity index (χ1v) is 5.16. The molecule has 0 aliphatic heterocycles. The molecule has 0 spiro atoms. The normalized spacial score (nSPS) is 10.1. The molecule has 0 fully saturated rings. The van der Waals surface area contributed by atoms with Crippen LogP contribution in [0.1, 0.15) is 12.2 Å². The molecule has 4 nitrogen and oxygen atoms in total. The van der Waals surface area contributed by atoms with E-state index >= 15 is 0 Å². The van der Waals surface area contributed by atoms with Crippen LogP contribution in [0, 0.1) is 6.92 Å². The summed E-state index contributed by atoms with van der Waals surface area (Å²) in [5.74, 6) is 1.19. The number of rotatable bonds is 4. The van der Waals surface area contributed by atoms with Gasteiger partial charge in [0, 0.05) is 12.2 Å². The number of carbonyl (C=O) groups is 1. The first-order valence-electron chi connectivity index (χ1n) is 3.40. The van der Waals surface area contributed by atoms with Crippen LogP contribution in [-0.2, 0) is 4.79 Å². The molecule has 0 aromatic carbocycles. The lowest BCUT2D eigenvalue weighted by molar-refractivity contribution is -0.117. The summed E-state index contributed by atoms with van der Waals surface area (Å²) in [6.07, 6.45) is 0.392. The molecule has 0 aliphatic rings. The Bertz CT molecular complexity index is 274. The van der Waals surface area contributed by atoms with Gasteiger partial charge in [-0.15, -0.1) is 0 Å². The Morgan fingerprint density at radius 1 is 1.75 bits per heavy atom. The second-order valence-electron chi connectivity index (χ2n) is 2.17. The van der Waals surface area contributed by atoms with Crippen molar-refractivity contribution in [2.75, 3.05) is 5.75 Å². The van der Waals surface area contributed by atoms with Gasteiger partial charge in [-0.05, 0) is 18.5 Å². The average Bonchev–Trinajstić information content (AvgIpc) is 2.35. The van der Waals surface area contributed by atoms with E-state index in [9.17, 15) is 4.79 Å². The van der Waals surface area contributed by atoms with Crippen LogP contribution in [0.3, 0.4) is 0 Å². The highest BCUT2D eigenvalue weighted by molar-refractivity contribution is 8.00. The zero-order valence-corrected chi connectivity index (χ0v) is 8.24. The van der Waals surface area contributed by atoms with E-state index in [0.29, 0.717) is 12.2 Å². The number of amides is 1. The van der Waals surface area contributed by atoms with Gasteiger partial charge < -0.3 is 5.73 Å². The molecule has 0 atom stereocenters. The van der Waals surface area contributed by atoms with Gasteiger partial charge in [-0.3, -0.25) is 4.79 Å². The maximum Gasteiger partial charge on any atom is 0.218 e. The van der Waals surface area contributed by atoms with Crippen molar-refractivity contribution >= 4 is 29.2 Å². The highest BCUT2D eigenvalue weighted by atomic mass is 32.2. The molecule has 0 saturated heterocycles. The van der Waals surface area contributed by atoms with Crippen molar-refractivity contribution in [2.24, 2.45) is 5.73 Å². The number of nitrogens with zero attached hydrogens (tertiary/aromatic N) is 2. The minimum Gasteiger partial charge on any atom is -0.370 e. The summed E-state index contributed by atoms with van der Waals surface area (Å²) in [5, 5.41) is 0. The standard InChI is InChI=1S/C6H9N3OS2/c1-4-8-6(12-9-4)11-3-2-5(7)10/h2-3H2,1H3,(H2,7,10). The van der Waals surface area contributed by atoms with E-state index < -0.39 is 0 Å². The van der Waals surface area contributed by atoms with Gasteiger partial charge in [-0.2, -0.15) is 4.37 Å². The lowest BCUT2D eigenvalue weighted by Gasteiger charge is -1.91. The molecule has 1 amide bonds. The Balaban J connectivity index is 2.29. The Hall–Kier alpha value is -0.620. The minimum atomic E-state index is -0.274. The summed E-state index contributed by atoms with van der Waals surface area (Å²) >= 11 is 2.86. The number of thioether (sulfide) groups is 1. The van der Waals surface area contributed by atoms with Crippen LogP contribution in [-0.4, -0.2) is 21.0 Å². The van der Waals surface area contributed by atoms with Crippen molar-refractivity contribution in [1.29, 1.82) is 0 Å². The van der Waals surface area contributed by atoms with Gasteiger partial charge in [-0.1, -0.05) is 11.8 Å². The van der Waals surface area contributed by atoms with Crippen LogP contribution in [0.4, 0.5) is 0 Å². The van der Waals surface area contributed by atoms with Crippen molar-refractivity contribution in [3.05, 3.63) is 5.82 Å². The average molecular weight is 203 g/mol. The quantitative estimate of drug-likeness (QED) is 0.735. The third-order valence-electron chi connectivity index (χ3n) is 1.08. The second-order valence-corrected chi connectivity index (χ2v) is 4.27. The van der Waals surface area contributed by atoms with E-state index in [4.69, 9.17) is 5.73 Å². The Kier molecular flexibility index (Phi) is 3.48. The fourth-order valence-electron chi connectivity index (χ4n) is 0.576. The van der Waals surface area contributed by atoms with E-state index in [1.165, 1.54) is 23.3 Å². The zero-order chi connectivity index (χ0) is 8.97. The van der Waals surface area contributed by atoms with E-state index in [1.807, 2.05) is 6.92 Å². The van der Waals surface area contributed by atoms with E-state index in [0.717, 1.165) is 10.2 Å². The van der Waals surface area contributed by atoms with Crippen molar-refractivity contribution < 1.29 is 4.79 Å². The van der Waals surface area contributed by atoms with Crippen LogP contribution in [0.15, 0.2) is 4.34 Å². The van der Waals surface area contributed by atoms with Crippen molar-refractivity contribution in [3.8, 4) is 0 Å². The molecule has 6 heteroatoms. The first kappa shape index (κ1) is 9.47. The van der Waals surface area contributed by atoms with Crippen LogP contribution < -0.4 is 5.73 Å². The lowest BCUT2D eigenvalue weighted by atomic mass is 10.5. The van der Waals surface area contributed by atoms with Crippen LogP contribution in [0.5, 0.6) is 0 Å². The van der Waals surface area contributed by atoms with Crippen LogP contribution in [0.25, 0.3) is 0 Å². The number of nitrogens with two attached hydrogens (primary N) is 1. The smallest absolute Gasteiger partial charge is 0.218 e. The largest absolute Gasteiger partial charge is 0.370 e. The van der Waals surface area contributed by atoms with Gasteiger partial charge in [0.2, 0.25) is 5.91 Å². The van der Waals surface area contributed by atoms with Crippen LogP contribution >= 0.6 is 23.3 Å². The Morgan fingerprint density at radius 3 is 3.00 bits per heavy atom. The number of aryl methyl sites for hydroxylation is 1. The minimum absolute atomic E-state index is 0.274. The molecule has 1 aromatic rings. The highest BCUT2D eigenvalue weighted by Gasteiger charge is 2.01. The number of carbonyl (C=O) groups excluding carboxylic acids is 1. The lowest BCUT2D eigenvalue weighted by Crippen LogP contribution is -2.10. The topological polar surface area (TPSA) is 68.9 Å². The maximum absolute atomic E-state index is 10.4. The summed E-state index contributed by atoms with van der Waals surface area (Å²) in [6, 6.07) is 0. The third kappa shape index (κ3) is 3.19. The van der Waals surface area contributed by atoms with Crippen molar-refractivity contribution in [2.45, 2.75) is 17.7 Å². The fourth-order valence-corrected chi connectivity index (χ4v) is 2.25. The van der Waals surface area contributed by atoms with Gasteiger partial charge in [0.15, 0.2) is 4.34 Å². The monoisotopic (exact) mass is 203 g/mol. The van der Waals surface area contributed by atoms with E-state index in [2.05, 4.69) is 9.36 Å². The molecule has 1 heterocycles. The third-order valence-corrected chi connectivity index (χ3v) is 3.01. The predicted octanol–water partition coefficient (Wildman–Crippen LogP) is 0.814. The molecule has 0 unspecified atom stereocenters. The number of hydrogen-bond acceptors (Lipinski definition) is 5. The van der Waals surface area contributed by atoms with E-state index in [1.54, 1.807) is 0 Å². The van der Waals surface area contributed by atoms with Gasteiger partial charge >= 0.3 is 0 Å². The fraction of sp³-hybridized carbons (Fsp3) is 0.500. The molecule has 66 valence electrons. The predicted molar refractivity (Wildman–Crippen MR) is 49.2 cm³/mol. The second kappa shape index (κ2) is 4.42. The van der Waals surface area contributed by atoms with E-state index in [-0.39, 0.29) is 5.91 Å². The SMILES string of the molecule is Cc1nsc(SCCC(N)=O)n1. The molecule has 0 aliphatic carbocycles. The Morgan fingerprint density at radius 2 is 2.50 bits per heavy atom. The number of hydrogen-bond donors (Lipinski definition) is 1. The van der Waals surface area contributed by atoms with Crippen molar-refractivity contribution in [1.82, 2.24) is 9.36 Å². The molecular formula is C6H9N3OS2. The molecular weight excluding hydrogens is 194 g/mol. The summed E-state index contributed by atoms with van der Waals surface area (Å²) in [4.78, 5) is 14.5. The summed E-state index contributed by atoms with van der Waals surface area (Å²) in [7, 11) is 0. The van der Waals surface area contributed by atoms with Gasteiger partial charge in [0.1, 0.15) is 5.82 Å². The first-order chi connectivity index (χ1) is 5.68. The van der Waals surface area contributed by atoms with Gasteiger partial charge in [0.05, 0.1) is 0 Å².